The molecule has 0 fully saturated rings. The third kappa shape index (κ3) is 5.92. The second-order valence-electron chi connectivity index (χ2n) is 7.91. The lowest BCUT2D eigenvalue weighted by atomic mass is 9.82. The van der Waals surface area contributed by atoms with Crippen molar-refractivity contribution in [2.45, 2.75) is 77.8 Å². The molecule has 0 atom stereocenters. The summed E-state index contributed by atoms with van der Waals surface area (Å²) in [6.07, 6.45) is 0. The summed E-state index contributed by atoms with van der Waals surface area (Å²) >= 11 is 0. The molecule has 1 aromatic carbocycles. The summed E-state index contributed by atoms with van der Waals surface area (Å²) in [6.45, 7) is 14.1. The normalized spacial score (nSPS) is 12.5. The molecule has 0 aliphatic rings. The highest BCUT2D eigenvalue weighted by Crippen LogP contribution is 2.24. The Labute approximate surface area is 155 Å². The van der Waals surface area contributed by atoms with Crippen molar-refractivity contribution in [3.05, 3.63) is 23.8 Å². The summed E-state index contributed by atoms with van der Waals surface area (Å²) in [5.74, 6) is 3.37. The number of hydrogen-bond acceptors (Lipinski definition) is 3. The Bertz CT molecular complexity index is 629. The monoisotopic (exact) mass is 359 g/mol. The molecule has 0 bridgehead atoms. The third-order valence-corrected chi connectivity index (χ3v) is 10.3. The zero-order valence-electron chi connectivity index (χ0n) is 17.0. The molecule has 1 aromatic rings. The van der Waals surface area contributed by atoms with Crippen LogP contribution < -0.4 is 11.2 Å². The fourth-order valence-corrected chi connectivity index (χ4v) is 4.97. The predicted molar refractivity (Wildman–Crippen MR) is 113 cm³/mol. The quantitative estimate of drug-likeness (QED) is 0.447. The minimum Gasteiger partial charge on any atom is -0.427 e. The molecule has 3 nitrogen and oxygen atoms in total. The van der Waals surface area contributed by atoms with E-state index in [1.807, 2.05) is 32.0 Å². The Morgan fingerprint density at radius 1 is 1.08 bits per heavy atom. The molecule has 0 aromatic heterocycles. The van der Waals surface area contributed by atoms with Crippen molar-refractivity contribution in [1.29, 1.82) is 0 Å². The zero-order chi connectivity index (χ0) is 19.3. The molecule has 138 valence electrons. The number of rotatable bonds is 7. The SMILES string of the molecule is CC[Si](C#Cc1cc(N)cc(BOC(C)(C)C(C)(C)O)c1)(CC)CC. The van der Waals surface area contributed by atoms with Gasteiger partial charge in [0.2, 0.25) is 0 Å². The van der Waals surface area contributed by atoms with Gasteiger partial charge in [-0.05, 0) is 69.5 Å². The number of benzene rings is 1. The van der Waals surface area contributed by atoms with Gasteiger partial charge < -0.3 is 15.5 Å². The van der Waals surface area contributed by atoms with Gasteiger partial charge in [0.15, 0.2) is 0 Å². The maximum absolute atomic E-state index is 10.2. The largest absolute Gasteiger partial charge is 0.427 e. The van der Waals surface area contributed by atoms with Gasteiger partial charge >= 0.3 is 7.48 Å². The molecule has 0 spiro atoms. The minimum atomic E-state index is -1.47. The van der Waals surface area contributed by atoms with Crippen LogP contribution in [0.4, 0.5) is 5.69 Å². The number of hydrogen-bond donors (Lipinski definition) is 2. The van der Waals surface area contributed by atoms with Crippen molar-refractivity contribution in [1.82, 2.24) is 0 Å². The molecule has 1 rings (SSSR count). The van der Waals surface area contributed by atoms with Gasteiger partial charge in [-0.15, -0.1) is 5.54 Å². The Morgan fingerprint density at radius 3 is 2.12 bits per heavy atom. The van der Waals surface area contributed by atoms with Gasteiger partial charge in [0.1, 0.15) is 8.07 Å². The smallest absolute Gasteiger partial charge is 0.309 e. The van der Waals surface area contributed by atoms with Crippen LogP contribution in [-0.2, 0) is 4.65 Å². The second-order valence-corrected chi connectivity index (χ2v) is 12.8. The first-order chi connectivity index (χ1) is 11.5. The molecule has 0 amide bonds. The molecular weight excluding hydrogens is 325 g/mol. The average Bonchev–Trinajstić information content (AvgIpc) is 2.53. The molecular formula is C20H34BNO2Si. The Balaban J connectivity index is 3.02. The highest BCUT2D eigenvalue weighted by Gasteiger charge is 2.35. The lowest BCUT2D eigenvalue weighted by Crippen LogP contribution is -2.49. The lowest BCUT2D eigenvalue weighted by Gasteiger charge is -2.37. The van der Waals surface area contributed by atoms with E-state index in [0.717, 1.165) is 11.0 Å². The van der Waals surface area contributed by atoms with Crippen LogP contribution in [0.5, 0.6) is 0 Å². The van der Waals surface area contributed by atoms with Gasteiger partial charge in [0.05, 0.1) is 11.2 Å². The molecule has 0 saturated heterocycles. The summed E-state index contributed by atoms with van der Waals surface area (Å²) < 4.78 is 5.95. The molecule has 0 saturated carbocycles. The van der Waals surface area contributed by atoms with Crippen LogP contribution >= 0.6 is 0 Å². The van der Waals surface area contributed by atoms with Crippen LogP contribution in [0, 0.1) is 11.5 Å². The van der Waals surface area contributed by atoms with Gasteiger partial charge in [-0.2, -0.15) is 0 Å². The molecule has 0 unspecified atom stereocenters. The van der Waals surface area contributed by atoms with E-state index < -0.39 is 19.3 Å². The summed E-state index contributed by atoms with van der Waals surface area (Å²) in [7, 11) is -1.08. The van der Waals surface area contributed by atoms with E-state index in [0.29, 0.717) is 13.2 Å². The summed E-state index contributed by atoms with van der Waals surface area (Å²) in [5.41, 5.74) is 10.7. The molecule has 3 N–H and O–H groups in total. The van der Waals surface area contributed by atoms with Crippen molar-refractivity contribution >= 4 is 26.7 Å². The summed E-state index contributed by atoms with van der Waals surface area (Å²) in [5, 5.41) is 10.2. The molecule has 0 aliphatic heterocycles. The standard InChI is InChI=1S/C20H34BNO2Si/c1-8-25(9-2,10-3)12-11-16-13-17(15-18(22)14-16)21-24-20(6,7)19(4,5)23/h13-15,21,23H,8-10,22H2,1-7H3. The Kier molecular flexibility index (Phi) is 7.37. The number of nitrogens with two attached hydrogens (primary N) is 1. The van der Waals surface area contributed by atoms with E-state index in [1.165, 1.54) is 18.1 Å². The maximum atomic E-state index is 10.2. The van der Waals surface area contributed by atoms with Crippen molar-refractivity contribution < 1.29 is 9.76 Å². The van der Waals surface area contributed by atoms with Crippen LogP contribution in [0.3, 0.4) is 0 Å². The Hall–Kier alpha value is -1.22. The fraction of sp³-hybridized carbons (Fsp3) is 0.600. The molecule has 0 radical (unpaired) electrons. The van der Waals surface area contributed by atoms with Gasteiger partial charge in [0.25, 0.3) is 0 Å². The van der Waals surface area contributed by atoms with Gasteiger partial charge in [-0.3, -0.25) is 0 Å². The number of nitrogen functional groups attached to an aromatic ring is 1. The van der Waals surface area contributed by atoms with Crippen LogP contribution in [0.1, 0.15) is 54.0 Å². The topological polar surface area (TPSA) is 55.5 Å². The van der Waals surface area contributed by atoms with Crippen molar-refractivity contribution in [3.8, 4) is 11.5 Å². The van der Waals surface area contributed by atoms with E-state index in [-0.39, 0.29) is 0 Å². The van der Waals surface area contributed by atoms with Crippen molar-refractivity contribution in [2.75, 3.05) is 5.73 Å². The van der Waals surface area contributed by atoms with Crippen LogP contribution in [0.15, 0.2) is 18.2 Å². The molecule has 0 heterocycles. The zero-order valence-corrected chi connectivity index (χ0v) is 18.0. The summed E-state index contributed by atoms with van der Waals surface area (Å²) in [6, 6.07) is 9.44. The van der Waals surface area contributed by atoms with Gasteiger partial charge in [-0.25, -0.2) is 0 Å². The van der Waals surface area contributed by atoms with Crippen LogP contribution in [-0.4, -0.2) is 31.9 Å². The minimum absolute atomic E-state index is 0.397. The van der Waals surface area contributed by atoms with Crippen LogP contribution in [0.25, 0.3) is 0 Å². The van der Waals surface area contributed by atoms with E-state index in [9.17, 15) is 5.11 Å². The fourth-order valence-electron chi connectivity index (χ4n) is 2.53. The van der Waals surface area contributed by atoms with E-state index in [2.05, 4.69) is 32.2 Å². The first-order valence-electron chi connectivity index (χ1n) is 9.27. The number of anilines is 1. The second kappa shape index (κ2) is 8.44. The first kappa shape index (κ1) is 21.8. The lowest BCUT2D eigenvalue weighted by molar-refractivity contribution is -0.0893. The maximum Gasteiger partial charge on any atom is 0.309 e. The summed E-state index contributed by atoms with van der Waals surface area (Å²) in [4.78, 5) is 0. The highest BCUT2D eigenvalue weighted by molar-refractivity contribution is 6.87. The van der Waals surface area contributed by atoms with Gasteiger partial charge in [-0.1, -0.05) is 26.7 Å². The molecule has 5 heteroatoms. The first-order valence-corrected chi connectivity index (χ1v) is 11.9. The molecule has 0 aliphatic carbocycles. The van der Waals surface area contributed by atoms with E-state index >= 15 is 0 Å². The highest BCUT2D eigenvalue weighted by atomic mass is 28.3. The van der Waals surface area contributed by atoms with Crippen molar-refractivity contribution in [3.63, 3.8) is 0 Å². The third-order valence-electron chi connectivity index (χ3n) is 5.59. The van der Waals surface area contributed by atoms with Crippen molar-refractivity contribution in [2.24, 2.45) is 0 Å². The van der Waals surface area contributed by atoms with E-state index in [1.54, 1.807) is 13.8 Å². The average molecular weight is 359 g/mol. The van der Waals surface area contributed by atoms with Crippen LogP contribution in [0.2, 0.25) is 18.1 Å². The molecule has 25 heavy (non-hydrogen) atoms. The predicted octanol–water partition coefficient (Wildman–Crippen LogP) is 3.21. The number of aliphatic hydroxyl groups is 1. The van der Waals surface area contributed by atoms with Gasteiger partial charge in [0, 0.05) is 11.3 Å². The van der Waals surface area contributed by atoms with E-state index in [4.69, 9.17) is 10.4 Å². The Morgan fingerprint density at radius 2 is 1.64 bits per heavy atom.